The second kappa shape index (κ2) is 15.7. The minimum Gasteiger partial charge on any atom is -0.497 e. The number of alkyl halides is 3. The number of benzene rings is 3. The SMILES string of the molecule is COc1ccc(OC(CNC(=O)C(F)(F)F)N2CCC(c3ccc(CCCOc4c(F)ccc(F)c4F)cc3)=C(C(=O)OC3CC3)C2)cc1. The number of hydrogen-bond acceptors (Lipinski definition) is 7. The normalized spacial score (nSPS) is 15.8. The van der Waals surface area contributed by atoms with E-state index in [0.29, 0.717) is 48.0 Å². The average molecular weight is 693 g/mol. The number of methoxy groups -OCH3 is 1. The Kier molecular flexibility index (Phi) is 11.4. The molecule has 1 N–H and O–H groups in total. The number of nitrogens with zero attached hydrogens (tertiary/aromatic N) is 1. The maximum Gasteiger partial charge on any atom is 0.471 e. The van der Waals surface area contributed by atoms with Crippen LogP contribution in [0.25, 0.3) is 5.57 Å². The third kappa shape index (κ3) is 9.46. The van der Waals surface area contributed by atoms with Crippen LogP contribution in [-0.2, 0) is 20.7 Å². The van der Waals surface area contributed by atoms with E-state index in [4.69, 9.17) is 18.9 Å². The summed E-state index contributed by atoms with van der Waals surface area (Å²) >= 11 is 0. The number of aryl methyl sites for hydroxylation is 1. The van der Waals surface area contributed by atoms with Crippen LogP contribution in [0, 0.1) is 17.5 Å². The molecule has 0 saturated heterocycles. The molecule has 14 heteroatoms. The van der Waals surface area contributed by atoms with Gasteiger partial charge in [-0.15, -0.1) is 0 Å². The molecule has 1 aliphatic carbocycles. The van der Waals surface area contributed by atoms with E-state index in [2.05, 4.69) is 0 Å². The van der Waals surface area contributed by atoms with Gasteiger partial charge in [0.15, 0.2) is 23.6 Å². The molecule has 2 aliphatic rings. The van der Waals surface area contributed by atoms with E-state index >= 15 is 0 Å². The second-order valence-electron chi connectivity index (χ2n) is 11.6. The third-order valence-electron chi connectivity index (χ3n) is 8.01. The summed E-state index contributed by atoms with van der Waals surface area (Å²) in [7, 11) is 1.48. The van der Waals surface area contributed by atoms with Crippen molar-refractivity contribution in [1.82, 2.24) is 10.2 Å². The van der Waals surface area contributed by atoms with Crippen molar-refractivity contribution in [2.45, 2.75) is 50.6 Å². The smallest absolute Gasteiger partial charge is 0.471 e. The van der Waals surface area contributed by atoms with Crippen LogP contribution >= 0.6 is 0 Å². The molecule has 1 saturated carbocycles. The summed E-state index contributed by atoms with van der Waals surface area (Å²) in [6.45, 7) is -0.303. The van der Waals surface area contributed by atoms with Crippen molar-refractivity contribution in [2.75, 3.05) is 33.4 Å². The van der Waals surface area contributed by atoms with Crippen molar-refractivity contribution in [3.63, 3.8) is 0 Å². The highest BCUT2D eigenvalue weighted by atomic mass is 19.4. The summed E-state index contributed by atoms with van der Waals surface area (Å²) in [5.41, 5.74) is 2.64. The molecule has 1 amide bonds. The molecule has 1 unspecified atom stereocenters. The summed E-state index contributed by atoms with van der Waals surface area (Å²) in [5.74, 6) is -6.15. The van der Waals surface area contributed by atoms with Gasteiger partial charge in [-0.3, -0.25) is 9.69 Å². The Balaban J connectivity index is 1.30. The Morgan fingerprint density at radius 2 is 1.61 bits per heavy atom. The lowest BCUT2D eigenvalue weighted by Gasteiger charge is -2.36. The lowest BCUT2D eigenvalue weighted by atomic mass is 9.92. The number of nitrogens with one attached hydrogen (secondary N) is 1. The van der Waals surface area contributed by atoms with E-state index in [1.165, 1.54) is 7.11 Å². The van der Waals surface area contributed by atoms with Crippen LogP contribution in [0.3, 0.4) is 0 Å². The molecule has 262 valence electrons. The van der Waals surface area contributed by atoms with E-state index in [-0.39, 0.29) is 25.8 Å². The maximum absolute atomic E-state index is 13.9. The first-order chi connectivity index (χ1) is 23.4. The third-order valence-corrected chi connectivity index (χ3v) is 8.01. The Labute approximate surface area is 278 Å². The highest BCUT2D eigenvalue weighted by Crippen LogP contribution is 2.33. The minimum atomic E-state index is -5.09. The van der Waals surface area contributed by atoms with E-state index < -0.39 is 54.0 Å². The van der Waals surface area contributed by atoms with Crippen molar-refractivity contribution < 1.29 is 54.9 Å². The molecule has 1 aliphatic heterocycles. The van der Waals surface area contributed by atoms with Crippen LogP contribution in [-0.4, -0.2) is 68.6 Å². The van der Waals surface area contributed by atoms with E-state index in [0.717, 1.165) is 30.0 Å². The van der Waals surface area contributed by atoms with Gasteiger partial charge in [-0.2, -0.15) is 17.6 Å². The van der Waals surface area contributed by atoms with Gasteiger partial charge in [-0.1, -0.05) is 24.3 Å². The van der Waals surface area contributed by atoms with E-state index in [1.54, 1.807) is 29.2 Å². The fraction of sp³-hybridized carbons (Fsp3) is 0.371. The van der Waals surface area contributed by atoms with Crippen LogP contribution < -0.4 is 19.5 Å². The number of ether oxygens (including phenoxy) is 4. The predicted octanol–water partition coefficient (Wildman–Crippen LogP) is 6.37. The lowest BCUT2D eigenvalue weighted by molar-refractivity contribution is -0.174. The fourth-order valence-electron chi connectivity index (χ4n) is 5.25. The quantitative estimate of drug-likeness (QED) is 0.0910. The first kappa shape index (κ1) is 35.6. The number of halogens is 6. The highest BCUT2D eigenvalue weighted by molar-refractivity contribution is 5.98. The van der Waals surface area contributed by atoms with Crippen molar-refractivity contribution in [3.8, 4) is 17.2 Å². The largest absolute Gasteiger partial charge is 0.497 e. The van der Waals surface area contributed by atoms with E-state index in [9.17, 15) is 35.9 Å². The van der Waals surface area contributed by atoms with Crippen molar-refractivity contribution in [2.24, 2.45) is 0 Å². The molecular formula is C35H34F6N2O6. The Hall–Kier alpha value is -4.72. The molecule has 3 aromatic carbocycles. The number of rotatable bonds is 14. The lowest BCUT2D eigenvalue weighted by Crippen LogP contribution is -2.52. The van der Waals surface area contributed by atoms with Gasteiger partial charge in [-0.05, 0) is 85.2 Å². The van der Waals surface area contributed by atoms with Crippen molar-refractivity contribution >= 4 is 17.4 Å². The number of hydrogen-bond donors (Lipinski definition) is 1. The van der Waals surface area contributed by atoms with Crippen molar-refractivity contribution in [1.29, 1.82) is 0 Å². The van der Waals surface area contributed by atoms with Crippen LogP contribution in [0.1, 0.15) is 36.8 Å². The van der Waals surface area contributed by atoms with Gasteiger partial charge >= 0.3 is 18.1 Å². The van der Waals surface area contributed by atoms with Crippen LogP contribution in [0.5, 0.6) is 17.2 Å². The zero-order valence-electron chi connectivity index (χ0n) is 26.5. The standard InChI is InChI=1S/C35H34F6N2O6/c1-46-23-8-10-24(11-9-23)48-30(19-42-34(45)35(39,40)41)43-17-16-26(27(20-43)33(44)49-25-12-13-25)22-6-4-21(5-7-22)3-2-18-47-32-29(37)15-14-28(36)31(32)38/h4-11,14-15,25,30H,2-3,12-13,16-20H2,1H3,(H,42,45). The maximum atomic E-state index is 13.9. The van der Waals surface area contributed by atoms with Gasteiger partial charge < -0.3 is 24.3 Å². The molecule has 5 rings (SSSR count). The number of carbonyl (C=O) groups is 2. The topological polar surface area (TPSA) is 86.3 Å². The van der Waals surface area contributed by atoms with Crippen LogP contribution in [0.2, 0.25) is 0 Å². The molecule has 0 bridgehead atoms. The molecular weight excluding hydrogens is 658 g/mol. The number of amides is 1. The van der Waals surface area contributed by atoms with Crippen molar-refractivity contribution in [3.05, 3.63) is 94.8 Å². The van der Waals surface area contributed by atoms with Gasteiger partial charge in [-0.25, -0.2) is 13.6 Å². The number of esters is 1. The molecule has 1 heterocycles. The predicted molar refractivity (Wildman–Crippen MR) is 165 cm³/mol. The molecule has 49 heavy (non-hydrogen) atoms. The summed E-state index contributed by atoms with van der Waals surface area (Å²) < 4.78 is 102. The highest BCUT2D eigenvalue weighted by Gasteiger charge is 2.40. The zero-order valence-corrected chi connectivity index (χ0v) is 26.5. The molecule has 3 aromatic rings. The summed E-state index contributed by atoms with van der Waals surface area (Å²) in [6.07, 6.45) is -3.69. The Morgan fingerprint density at radius 1 is 0.939 bits per heavy atom. The first-order valence-electron chi connectivity index (χ1n) is 15.6. The fourth-order valence-corrected chi connectivity index (χ4v) is 5.25. The van der Waals surface area contributed by atoms with E-state index in [1.807, 2.05) is 29.6 Å². The molecule has 0 radical (unpaired) electrons. The molecule has 1 fully saturated rings. The Bertz CT molecular complexity index is 1660. The summed E-state index contributed by atoms with van der Waals surface area (Å²) in [6, 6.07) is 15.2. The van der Waals surface area contributed by atoms with Crippen LogP contribution in [0.4, 0.5) is 26.3 Å². The zero-order chi connectivity index (χ0) is 35.1. The van der Waals surface area contributed by atoms with Gasteiger partial charge in [0, 0.05) is 13.1 Å². The molecule has 8 nitrogen and oxygen atoms in total. The summed E-state index contributed by atoms with van der Waals surface area (Å²) in [5, 5.41) is 1.89. The average Bonchev–Trinajstić information content (AvgIpc) is 3.91. The Morgan fingerprint density at radius 3 is 2.27 bits per heavy atom. The monoisotopic (exact) mass is 692 g/mol. The van der Waals surface area contributed by atoms with Gasteiger partial charge in [0.25, 0.3) is 0 Å². The first-order valence-corrected chi connectivity index (χ1v) is 15.6. The summed E-state index contributed by atoms with van der Waals surface area (Å²) in [4.78, 5) is 26.7. The molecule has 0 aromatic heterocycles. The van der Waals surface area contributed by atoms with Gasteiger partial charge in [0.05, 0.1) is 25.8 Å². The van der Waals surface area contributed by atoms with Gasteiger partial charge in [0.1, 0.15) is 17.6 Å². The van der Waals surface area contributed by atoms with Crippen LogP contribution in [0.15, 0.2) is 66.2 Å². The number of carbonyl (C=O) groups excluding carboxylic acids is 2. The molecule has 0 spiro atoms. The molecule has 1 atom stereocenters. The van der Waals surface area contributed by atoms with Gasteiger partial charge in [0.2, 0.25) is 5.82 Å². The minimum absolute atomic E-state index is 0.0180. The second-order valence-corrected chi connectivity index (χ2v) is 11.6.